The maximum atomic E-state index is 13.0. The van der Waals surface area contributed by atoms with E-state index in [0.717, 1.165) is 45.4 Å². The van der Waals surface area contributed by atoms with E-state index in [9.17, 15) is 23.4 Å². The van der Waals surface area contributed by atoms with Gasteiger partial charge in [0.1, 0.15) is 0 Å². The van der Waals surface area contributed by atoms with Crippen LogP contribution in [0.1, 0.15) is 98.3 Å². The summed E-state index contributed by atoms with van der Waals surface area (Å²) in [5, 5.41) is 20.4. The van der Waals surface area contributed by atoms with Gasteiger partial charge in [0.25, 0.3) is 0 Å². The standard InChI is InChI=1S/C26H41F3O2/c1-22(30)14-15-24(3)18(16-22)7-9-19-20-10-8-17(23(20,2)13-11-21(19)24)6-5-12-25(4,31)26(27,28)29/h7,17,19-21,30-31H,5-6,8-16H2,1-4H3/t17-,19-,20-,21-,22-,23+,24-,25-/m0/s1. The fourth-order valence-corrected chi connectivity index (χ4v) is 8.22. The molecule has 5 heteroatoms. The van der Waals surface area contributed by atoms with Crippen LogP contribution in [0.25, 0.3) is 0 Å². The molecule has 178 valence electrons. The molecule has 0 spiro atoms. The van der Waals surface area contributed by atoms with Crippen molar-refractivity contribution in [1.82, 2.24) is 0 Å². The van der Waals surface area contributed by atoms with Crippen LogP contribution >= 0.6 is 0 Å². The number of alkyl halides is 3. The maximum Gasteiger partial charge on any atom is 0.416 e. The molecule has 4 rings (SSSR count). The molecule has 0 heterocycles. The van der Waals surface area contributed by atoms with Gasteiger partial charge in [0, 0.05) is 0 Å². The van der Waals surface area contributed by atoms with Crippen molar-refractivity contribution >= 4 is 0 Å². The zero-order valence-electron chi connectivity index (χ0n) is 19.7. The minimum atomic E-state index is -4.56. The first kappa shape index (κ1) is 23.6. The van der Waals surface area contributed by atoms with Crippen LogP contribution in [0, 0.1) is 34.5 Å². The first-order valence-electron chi connectivity index (χ1n) is 12.4. The van der Waals surface area contributed by atoms with Gasteiger partial charge in [-0.15, -0.1) is 0 Å². The van der Waals surface area contributed by atoms with Crippen molar-refractivity contribution in [3.05, 3.63) is 11.6 Å². The van der Waals surface area contributed by atoms with E-state index in [2.05, 4.69) is 19.9 Å². The maximum absolute atomic E-state index is 13.0. The zero-order valence-corrected chi connectivity index (χ0v) is 19.7. The Bertz CT molecular complexity index is 725. The summed E-state index contributed by atoms with van der Waals surface area (Å²) in [6.45, 7) is 7.71. The molecule has 3 fully saturated rings. The first-order valence-corrected chi connectivity index (χ1v) is 12.4. The third kappa shape index (κ3) is 3.90. The lowest BCUT2D eigenvalue weighted by Gasteiger charge is -2.59. The van der Waals surface area contributed by atoms with Gasteiger partial charge >= 0.3 is 6.18 Å². The second-order valence-electron chi connectivity index (χ2n) is 12.4. The highest BCUT2D eigenvalue weighted by Crippen LogP contribution is 2.67. The number of fused-ring (bicyclic) bond motifs is 5. The molecule has 0 aliphatic heterocycles. The summed E-state index contributed by atoms with van der Waals surface area (Å²) in [5.41, 5.74) is -1.26. The molecule has 0 aromatic rings. The van der Waals surface area contributed by atoms with Crippen LogP contribution in [0.15, 0.2) is 11.6 Å². The highest BCUT2D eigenvalue weighted by molar-refractivity contribution is 5.26. The van der Waals surface area contributed by atoms with Gasteiger partial charge in [-0.2, -0.15) is 13.2 Å². The lowest BCUT2D eigenvalue weighted by Crippen LogP contribution is -2.51. The molecule has 4 aliphatic rings. The molecular weight excluding hydrogens is 401 g/mol. The smallest absolute Gasteiger partial charge is 0.390 e. The van der Waals surface area contributed by atoms with E-state index in [1.54, 1.807) is 0 Å². The summed E-state index contributed by atoms with van der Waals surface area (Å²) < 4.78 is 39.0. The highest BCUT2D eigenvalue weighted by Gasteiger charge is 2.59. The first-order chi connectivity index (χ1) is 14.2. The van der Waals surface area contributed by atoms with Gasteiger partial charge in [0.05, 0.1) is 5.60 Å². The minimum Gasteiger partial charge on any atom is -0.390 e. The topological polar surface area (TPSA) is 40.5 Å². The summed E-state index contributed by atoms with van der Waals surface area (Å²) in [4.78, 5) is 0. The van der Waals surface area contributed by atoms with Crippen LogP contribution in [-0.2, 0) is 0 Å². The van der Waals surface area contributed by atoms with E-state index in [0.29, 0.717) is 30.1 Å². The van der Waals surface area contributed by atoms with Crippen LogP contribution < -0.4 is 0 Å². The van der Waals surface area contributed by atoms with Crippen molar-refractivity contribution in [3.8, 4) is 0 Å². The van der Waals surface area contributed by atoms with Crippen molar-refractivity contribution in [1.29, 1.82) is 0 Å². The van der Waals surface area contributed by atoms with Crippen molar-refractivity contribution in [2.24, 2.45) is 34.5 Å². The fourth-order valence-electron chi connectivity index (χ4n) is 8.22. The molecule has 0 unspecified atom stereocenters. The Kier molecular flexibility index (Phi) is 5.70. The molecule has 0 radical (unpaired) electrons. The molecule has 0 bridgehead atoms. The van der Waals surface area contributed by atoms with E-state index in [4.69, 9.17) is 0 Å². The third-order valence-electron chi connectivity index (χ3n) is 10.4. The molecule has 2 nitrogen and oxygen atoms in total. The van der Waals surface area contributed by atoms with Crippen molar-refractivity contribution in [2.45, 2.75) is 116 Å². The van der Waals surface area contributed by atoms with Crippen LogP contribution in [0.5, 0.6) is 0 Å². The molecule has 31 heavy (non-hydrogen) atoms. The van der Waals surface area contributed by atoms with E-state index >= 15 is 0 Å². The molecule has 8 atom stereocenters. The Labute approximate surface area is 185 Å². The molecule has 4 aliphatic carbocycles. The summed E-state index contributed by atoms with van der Waals surface area (Å²) in [6, 6.07) is 0. The summed E-state index contributed by atoms with van der Waals surface area (Å²) in [6.07, 6.45) is 7.40. The van der Waals surface area contributed by atoms with E-state index in [1.807, 2.05) is 6.92 Å². The monoisotopic (exact) mass is 442 g/mol. The molecule has 3 saturated carbocycles. The van der Waals surface area contributed by atoms with Crippen molar-refractivity contribution < 1.29 is 23.4 Å². The Morgan fingerprint density at radius 1 is 1.03 bits per heavy atom. The second-order valence-corrected chi connectivity index (χ2v) is 12.4. The van der Waals surface area contributed by atoms with E-state index < -0.39 is 17.4 Å². The molecule has 0 saturated heterocycles. The van der Waals surface area contributed by atoms with Crippen LogP contribution in [-0.4, -0.2) is 27.6 Å². The summed E-state index contributed by atoms with van der Waals surface area (Å²) >= 11 is 0. The van der Waals surface area contributed by atoms with Gasteiger partial charge in [0.15, 0.2) is 5.60 Å². The summed E-state index contributed by atoms with van der Waals surface area (Å²) in [5.74, 6) is 2.45. The average Bonchev–Trinajstić information content (AvgIpc) is 2.98. The Hall–Kier alpha value is -0.550. The summed E-state index contributed by atoms with van der Waals surface area (Å²) in [7, 11) is 0. The normalized spacial score (nSPS) is 47.1. The number of rotatable bonds is 4. The van der Waals surface area contributed by atoms with Crippen LogP contribution in [0.4, 0.5) is 13.2 Å². The fraction of sp³-hybridized carbons (Fsp3) is 0.923. The third-order valence-corrected chi connectivity index (χ3v) is 10.4. The number of allylic oxidation sites excluding steroid dienone is 1. The largest absolute Gasteiger partial charge is 0.416 e. The predicted octanol–water partition coefficient (Wildman–Crippen LogP) is 6.80. The quantitative estimate of drug-likeness (QED) is 0.470. The minimum absolute atomic E-state index is 0.204. The van der Waals surface area contributed by atoms with E-state index in [1.165, 1.54) is 24.8 Å². The molecule has 0 amide bonds. The van der Waals surface area contributed by atoms with Gasteiger partial charge in [-0.05, 0) is 119 Å². The number of aliphatic hydroxyl groups is 2. The van der Waals surface area contributed by atoms with Gasteiger partial charge in [-0.3, -0.25) is 0 Å². The van der Waals surface area contributed by atoms with E-state index in [-0.39, 0.29) is 17.3 Å². The van der Waals surface area contributed by atoms with Crippen molar-refractivity contribution in [2.75, 3.05) is 0 Å². The zero-order chi connectivity index (χ0) is 22.9. The van der Waals surface area contributed by atoms with Gasteiger partial charge in [-0.25, -0.2) is 0 Å². The predicted molar refractivity (Wildman–Crippen MR) is 116 cm³/mol. The number of halogens is 3. The number of hydrogen-bond acceptors (Lipinski definition) is 2. The van der Waals surface area contributed by atoms with Crippen LogP contribution in [0.2, 0.25) is 0 Å². The Morgan fingerprint density at radius 3 is 2.42 bits per heavy atom. The van der Waals surface area contributed by atoms with Gasteiger partial charge in [0.2, 0.25) is 0 Å². The Morgan fingerprint density at radius 2 is 1.74 bits per heavy atom. The molecule has 0 aromatic carbocycles. The average molecular weight is 443 g/mol. The lowest BCUT2D eigenvalue weighted by molar-refractivity contribution is -0.255. The van der Waals surface area contributed by atoms with Gasteiger partial charge in [-0.1, -0.05) is 25.5 Å². The highest BCUT2D eigenvalue weighted by atomic mass is 19.4. The van der Waals surface area contributed by atoms with Gasteiger partial charge < -0.3 is 10.2 Å². The number of hydrogen-bond donors (Lipinski definition) is 2. The molecular formula is C26H41F3O2. The molecule has 0 aromatic heterocycles. The van der Waals surface area contributed by atoms with Crippen LogP contribution in [0.3, 0.4) is 0 Å². The lowest BCUT2D eigenvalue weighted by atomic mass is 9.46. The Balaban J connectivity index is 1.45. The SMILES string of the molecule is C[C@]1(O)CC[C@@]2(C)C(=CC[C@H]3[C@@H]4CC[C@H](CCC[C@](C)(O)C(F)(F)F)[C@@]4(C)CC[C@@H]32)C1. The second kappa shape index (κ2) is 7.48. The van der Waals surface area contributed by atoms with Crippen molar-refractivity contribution in [3.63, 3.8) is 0 Å². The molecule has 2 N–H and O–H groups in total.